The molecule has 3 rings (SSSR count). The number of piperidine rings is 1. The zero-order valence-electron chi connectivity index (χ0n) is 14.0. The third kappa shape index (κ3) is 4.60. The van der Waals surface area contributed by atoms with Crippen molar-refractivity contribution in [1.29, 1.82) is 0 Å². The minimum absolute atomic E-state index is 0.0897. The minimum Gasteiger partial charge on any atom is -0.322 e. The summed E-state index contributed by atoms with van der Waals surface area (Å²) in [6.07, 6.45) is 2.41. The Kier molecular flexibility index (Phi) is 5.88. The van der Waals surface area contributed by atoms with Gasteiger partial charge in [-0.3, -0.25) is 9.59 Å². The molecule has 0 atom stereocenters. The maximum atomic E-state index is 12.4. The molecule has 1 fully saturated rings. The van der Waals surface area contributed by atoms with E-state index in [1.165, 1.54) is 24.3 Å². The molecule has 1 N–H and O–H groups in total. The Hall–Kier alpha value is -2.41. The zero-order chi connectivity index (χ0) is 18.5. The van der Waals surface area contributed by atoms with Crippen LogP contribution in [0, 0.1) is 0 Å². The molecule has 0 spiro atoms. The first-order valence-corrected chi connectivity index (χ1v) is 9.17. The number of rotatable bonds is 5. The zero-order valence-corrected chi connectivity index (χ0v) is 14.8. The second-order valence-electron chi connectivity index (χ2n) is 5.91. The molecular formula is C19H18F2N2O2S. The third-order valence-electron chi connectivity index (χ3n) is 4.08. The summed E-state index contributed by atoms with van der Waals surface area (Å²) < 4.78 is 24.7. The SMILES string of the molecule is O=C(Nc1cccc(N2CCCCC2=O)c1)c1ccc(SC(F)F)cc1. The van der Waals surface area contributed by atoms with Gasteiger partial charge >= 0.3 is 0 Å². The molecule has 0 saturated carbocycles. The summed E-state index contributed by atoms with van der Waals surface area (Å²) in [5.74, 6) is -2.73. The van der Waals surface area contributed by atoms with Gasteiger partial charge in [0.05, 0.1) is 0 Å². The molecule has 0 aliphatic carbocycles. The summed E-state index contributed by atoms with van der Waals surface area (Å²) in [7, 11) is 0. The van der Waals surface area contributed by atoms with Crippen molar-refractivity contribution in [3.63, 3.8) is 0 Å². The monoisotopic (exact) mass is 376 g/mol. The van der Waals surface area contributed by atoms with Gasteiger partial charge in [-0.15, -0.1) is 0 Å². The average Bonchev–Trinajstić information content (AvgIpc) is 2.62. The van der Waals surface area contributed by atoms with Crippen molar-refractivity contribution >= 4 is 35.0 Å². The van der Waals surface area contributed by atoms with Gasteiger partial charge in [-0.2, -0.15) is 8.78 Å². The quantitative estimate of drug-likeness (QED) is 0.765. The number of carbonyl (C=O) groups is 2. The van der Waals surface area contributed by atoms with E-state index < -0.39 is 5.76 Å². The summed E-state index contributed by atoms with van der Waals surface area (Å²) in [5.41, 5.74) is 1.72. The summed E-state index contributed by atoms with van der Waals surface area (Å²) in [5, 5.41) is 2.78. The Bertz CT molecular complexity index is 796. The normalized spacial score (nSPS) is 14.6. The summed E-state index contributed by atoms with van der Waals surface area (Å²) in [6.45, 7) is 0.680. The fraction of sp³-hybridized carbons (Fsp3) is 0.263. The Balaban J connectivity index is 1.69. The number of anilines is 2. The molecule has 4 nitrogen and oxygen atoms in total. The van der Waals surface area contributed by atoms with Crippen molar-refractivity contribution in [2.75, 3.05) is 16.8 Å². The first-order chi connectivity index (χ1) is 12.5. The standard InChI is InChI=1S/C19H18F2N2O2S/c20-19(21)26-16-9-7-13(8-10-16)18(25)22-14-4-3-5-15(12-14)23-11-2-1-6-17(23)24/h3-5,7-10,12,19H,1-2,6,11H2,(H,22,25). The van der Waals surface area contributed by atoms with Crippen LogP contribution in [0.2, 0.25) is 0 Å². The molecule has 26 heavy (non-hydrogen) atoms. The molecule has 0 unspecified atom stereocenters. The van der Waals surface area contributed by atoms with Crippen LogP contribution in [0.15, 0.2) is 53.4 Å². The molecule has 1 aliphatic heterocycles. The predicted octanol–water partition coefficient (Wildman–Crippen LogP) is 4.77. The molecule has 0 aromatic heterocycles. The number of benzene rings is 2. The fourth-order valence-corrected chi connectivity index (χ4v) is 3.32. The number of hydrogen-bond donors (Lipinski definition) is 1. The molecule has 7 heteroatoms. The lowest BCUT2D eigenvalue weighted by molar-refractivity contribution is -0.119. The largest absolute Gasteiger partial charge is 0.322 e. The van der Waals surface area contributed by atoms with E-state index in [2.05, 4.69) is 5.32 Å². The smallest absolute Gasteiger partial charge is 0.288 e. The van der Waals surface area contributed by atoms with E-state index in [-0.39, 0.29) is 11.8 Å². The molecule has 0 radical (unpaired) electrons. The molecule has 1 aliphatic rings. The number of thioether (sulfide) groups is 1. The van der Waals surface area contributed by atoms with Crippen molar-refractivity contribution in [2.24, 2.45) is 0 Å². The number of nitrogens with one attached hydrogen (secondary N) is 1. The second-order valence-corrected chi connectivity index (χ2v) is 6.97. The van der Waals surface area contributed by atoms with Crippen LogP contribution in [-0.4, -0.2) is 24.1 Å². The summed E-state index contributed by atoms with van der Waals surface area (Å²) in [4.78, 5) is 26.5. The maximum Gasteiger partial charge on any atom is 0.288 e. The van der Waals surface area contributed by atoms with Crippen molar-refractivity contribution in [3.8, 4) is 0 Å². The van der Waals surface area contributed by atoms with Crippen LogP contribution in [0.5, 0.6) is 0 Å². The number of nitrogens with zero attached hydrogens (tertiary/aromatic N) is 1. The predicted molar refractivity (Wildman–Crippen MR) is 98.9 cm³/mol. The average molecular weight is 376 g/mol. The van der Waals surface area contributed by atoms with Gasteiger partial charge in [0.1, 0.15) is 0 Å². The second kappa shape index (κ2) is 8.31. The summed E-state index contributed by atoms with van der Waals surface area (Å²) >= 11 is 0.438. The van der Waals surface area contributed by atoms with Crippen LogP contribution >= 0.6 is 11.8 Å². The van der Waals surface area contributed by atoms with Crippen LogP contribution < -0.4 is 10.2 Å². The van der Waals surface area contributed by atoms with E-state index in [1.807, 2.05) is 6.07 Å². The van der Waals surface area contributed by atoms with Gasteiger partial charge in [0.25, 0.3) is 11.7 Å². The van der Waals surface area contributed by atoms with E-state index in [4.69, 9.17) is 0 Å². The van der Waals surface area contributed by atoms with Crippen molar-refractivity contribution in [3.05, 3.63) is 54.1 Å². The van der Waals surface area contributed by atoms with Gasteiger partial charge in [-0.25, -0.2) is 0 Å². The summed E-state index contributed by atoms with van der Waals surface area (Å²) in [6, 6.07) is 13.2. The van der Waals surface area contributed by atoms with Crippen molar-refractivity contribution in [1.82, 2.24) is 0 Å². The fourth-order valence-electron chi connectivity index (χ4n) is 2.82. The Morgan fingerprint density at radius 2 is 1.88 bits per heavy atom. The molecule has 0 bridgehead atoms. The van der Waals surface area contributed by atoms with Gasteiger partial charge in [0.15, 0.2) is 0 Å². The maximum absolute atomic E-state index is 12.4. The molecule has 1 saturated heterocycles. The van der Waals surface area contributed by atoms with E-state index in [0.29, 0.717) is 40.9 Å². The highest BCUT2D eigenvalue weighted by Crippen LogP contribution is 2.26. The number of halogens is 2. The van der Waals surface area contributed by atoms with Crippen LogP contribution in [0.3, 0.4) is 0 Å². The lowest BCUT2D eigenvalue weighted by Gasteiger charge is -2.27. The number of hydrogen-bond acceptors (Lipinski definition) is 3. The van der Waals surface area contributed by atoms with Crippen molar-refractivity contribution in [2.45, 2.75) is 29.9 Å². The van der Waals surface area contributed by atoms with Gasteiger partial charge in [0, 0.05) is 34.8 Å². The van der Waals surface area contributed by atoms with Gasteiger partial charge < -0.3 is 10.2 Å². The van der Waals surface area contributed by atoms with Crippen LogP contribution in [0.25, 0.3) is 0 Å². The van der Waals surface area contributed by atoms with E-state index in [9.17, 15) is 18.4 Å². The number of alkyl halides is 2. The van der Waals surface area contributed by atoms with E-state index in [0.717, 1.165) is 18.5 Å². The first kappa shape index (κ1) is 18.4. The number of carbonyl (C=O) groups excluding carboxylic acids is 2. The Labute approximate surface area is 154 Å². The van der Waals surface area contributed by atoms with Crippen LogP contribution in [0.1, 0.15) is 29.6 Å². The third-order valence-corrected chi connectivity index (χ3v) is 4.80. The molecule has 2 amide bonds. The lowest BCUT2D eigenvalue weighted by atomic mass is 10.1. The van der Waals surface area contributed by atoms with E-state index >= 15 is 0 Å². The number of amides is 2. The Morgan fingerprint density at radius 3 is 2.58 bits per heavy atom. The van der Waals surface area contributed by atoms with Gasteiger partial charge in [-0.1, -0.05) is 17.8 Å². The molecule has 136 valence electrons. The van der Waals surface area contributed by atoms with Crippen LogP contribution in [0.4, 0.5) is 20.2 Å². The highest BCUT2D eigenvalue weighted by Gasteiger charge is 2.20. The lowest BCUT2D eigenvalue weighted by Crippen LogP contribution is -2.35. The molecule has 1 heterocycles. The first-order valence-electron chi connectivity index (χ1n) is 8.29. The highest BCUT2D eigenvalue weighted by molar-refractivity contribution is 7.99. The highest BCUT2D eigenvalue weighted by atomic mass is 32.2. The Morgan fingerprint density at radius 1 is 1.12 bits per heavy atom. The van der Waals surface area contributed by atoms with Gasteiger partial charge in [0.2, 0.25) is 5.91 Å². The van der Waals surface area contributed by atoms with E-state index in [1.54, 1.807) is 23.1 Å². The van der Waals surface area contributed by atoms with Crippen molar-refractivity contribution < 1.29 is 18.4 Å². The molecular weight excluding hydrogens is 358 g/mol. The van der Waals surface area contributed by atoms with Gasteiger partial charge in [-0.05, 0) is 55.3 Å². The van der Waals surface area contributed by atoms with Crippen LogP contribution in [-0.2, 0) is 4.79 Å². The topological polar surface area (TPSA) is 49.4 Å². The molecule has 2 aromatic carbocycles. The molecule has 2 aromatic rings. The minimum atomic E-state index is -2.49.